The largest absolute Gasteiger partial charge is 0.480 e. The number of carboxylic acids is 1. The second kappa shape index (κ2) is 6.40. The van der Waals surface area contributed by atoms with Gasteiger partial charge in [0.1, 0.15) is 18.0 Å². The lowest BCUT2D eigenvalue weighted by Crippen LogP contribution is -2.47. The van der Waals surface area contributed by atoms with Crippen LogP contribution in [0.4, 0.5) is 4.79 Å². The summed E-state index contributed by atoms with van der Waals surface area (Å²) >= 11 is 0. The van der Waals surface area contributed by atoms with Gasteiger partial charge in [-0.1, -0.05) is 18.0 Å². The summed E-state index contributed by atoms with van der Waals surface area (Å²) in [7, 11) is 0. The van der Waals surface area contributed by atoms with Crippen LogP contribution >= 0.6 is 0 Å². The van der Waals surface area contributed by atoms with Gasteiger partial charge in [-0.2, -0.15) is 0 Å². The number of aryl methyl sites for hydroxylation is 1. The molecule has 7 heteroatoms. The van der Waals surface area contributed by atoms with E-state index in [4.69, 9.17) is 9.63 Å². The Hall–Kier alpha value is -2.05. The highest BCUT2D eigenvalue weighted by Crippen LogP contribution is 2.23. The highest BCUT2D eigenvalue weighted by Gasteiger charge is 2.28. The first-order valence-electron chi connectivity index (χ1n) is 6.74. The molecular weight excluding hydrogens is 262 g/mol. The predicted octanol–water partition coefficient (Wildman–Crippen LogP) is 1.52. The molecule has 0 atom stereocenters. The van der Waals surface area contributed by atoms with Crippen molar-refractivity contribution in [2.45, 2.75) is 45.2 Å². The van der Waals surface area contributed by atoms with E-state index in [0.29, 0.717) is 11.5 Å². The Morgan fingerprint density at radius 3 is 2.75 bits per heavy atom. The number of carbonyl (C=O) groups excluding carboxylic acids is 1. The van der Waals surface area contributed by atoms with E-state index in [2.05, 4.69) is 10.5 Å². The van der Waals surface area contributed by atoms with Crippen LogP contribution in [0, 0.1) is 6.92 Å². The fraction of sp³-hybridized carbons (Fsp3) is 0.615. The van der Waals surface area contributed by atoms with Gasteiger partial charge in [0.2, 0.25) is 0 Å². The zero-order valence-corrected chi connectivity index (χ0v) is 11.5. The number of urea groups is 1. The van der Waals surface area contributed by atoms with E-state index < -0.39 is 5.97 Å². The van der Waals surface area contributed by atoms with Crippen LogP contribution in [0.5, 0.6) is 0 Å². The van der Waals surface area contributed by atoms with Crippen molar-refractivity contribution in [3.63, 3.8) is 0 Å². The van der Waals surface area contributed by atoms with Gasteiger partial charge in [0.05, 0.1) is 6.54 Å². The molecule has 2 amide bonds. The molecule has 1 saturated carbocycles. The second-order valence-electron chi connectivity index (χ2n) is 5.05. The van der Waals surface area contributed by atoms with E-state index in [0.717, 1.165) is 25.7 Å². The van der Waals surface area contributed by atoms with Crippen LogP contribution in [-0.2, 0) is 11.3 Å². The molecular formula is C13H19N3O4. The molecule has 0 spiro atoms. The molecule has 7 nitrogen and oxygen atoms in total. The number of amides is 2. The van der Waals surface area contributed by atoms with Crippen LogP contribution in [0.2, 0.25) is 0 Å². The molecule has 0 aliphatic heterocycles. The summed E-state index contributed by atoms with van der Waals surface area (Å²) in [6.07, 6.45) is 3.81. The zero-order valence-electron chi connectivity index (χ0n) is 11.5. The van der Waals surface area contributed by atoms with Crippen molar-refractivity contribution >= 4 is 12.0 Å². The van der Waals surface area contributed by atoms with Crippen molar-refractivity contribution in [2.24, 2.45) is 0 Å². The van der Waals surface area contributed by atoms with Gasteiger partial charge >= 0.3 is 12.0 Å². The molecule has 0 bridgehead atoms. The predicted molar refractivity (Wildman–Crippen MR) is 70.1 cm³/mol. The average Bonchev–Trinajstić information content (AvgIpc) is 3.04. The van der Waals surface area contributed by atoms with Crippen LogP contribution in [0.1, 0.15) is 37.1 Å². The maximum atomic E-state index is 12.1. The molecule has 1 aromatic heterocycles. The fourth-order valence-electron chi connectivity index (χ4n) is 2.50. The van der Waals surface area contributed by atoms with E-state index in [-0.39, 0.29) is 25.2 Å². The normalized spacial score (nSPS) is 15.2. The van der Waals surface area contributed by atoms with Gasteiger partial charge in [-0.3, -0.25) is 4.79 Å². The van der Waals surface area contributed by atoms with Gasteiger partial charge in [0.25, 0.3) is 0 Å². The SMILES string of the molecule is Cc1cc(CNC(=O)N(CC(=O)O)C2CCCC2)no1. The quantitative estimate of drug-likeness (QED) is 0.853. The van der Waals surface area contributed by atoms with Crippen molar-refractivity contribution < 1.29 is 19.2 Å². The summed E-state index contributed by atoms with van der Waals surface area (Å²) < 4.78 is 4.91. The van der Waals surface area contributed by atoms with Crippen LogP contribution in [0.3, 0.4) is 0 Å². The number of nitrogens with one attached hydrogen (secondary N) is 1. The molecule has 1 aliphatic rings. The number of hydrogen-bond donors (Lipinski definition) is 2. The van der Waals surface area contributed by atoms with Gasteiger partial charge in [0, 0.05) is 12.1 Å². The number of rotatable bonds is 5. The van der Waals surface area contributed by atoms with Gasteiger partial charge in [-0.05, 0) is 19.8 Å². The van der Waals surface area contributed by atoms with E-state index in [9.17, 15) is 9.59 Å². The van der Waals surface area contributed by atoms with Gasteiger partial charge < -0.3 is 19.8 Å². The van der Waals surface area contributed by atoms with Crippen molar-refractivity contribution in [2.75, 3.05) is 6.54 Å². The molecule has 0 radical (unpaired) electrons. The van der Waals surface area contributed by atoms with E-state index in [1.54, 1.807) is 13.0 Å². The number of aliphatic carboxylic acids is 1. The topological polar surface area (TPSA) is 95.7 Å². The summed E-state index contributed by atoms with van der Waals surface area (Å²) in [6, 6.07) is 1.39. The van der Waals surface area contributed by atoms with Crippen molar-refractivity contribution in [3.05, 3.63) is 17.5 Å². The molecule has 110 valence electrons. The van der Waals surface area contributed by atoms with E-state index >= 15 is 0 Å². The fourth-order valence-corrected chi connectivity index (χ4v) is 2.50. The Balaban J connectivity index is 1.93. The standard InChI is InChI=1S/C13H19N3O4/c1-9-6-10(15-20-9)7-14-13(19)16(8-12(17)18)11-4-2-3-5-11/h6,11H,2-5,7-8H2,1H3,(H,14,19)(H,17,18). The lowest BCUT2D eigenvalue weighted by Gasteiger charge is -2.27. The Morgan fingerprint density at radius 2 is 2.20 bits per heavy atom. The molecule has 2 rings (SSSR count). The maximum Gasteiger partial charge on any atom is 0.323 e. The summed E-state index contributed by atoms with van der Waals surface area (Å²) in [5, 5.41) is 15.4. The smallest absolute Gasteiger partial charge is 0.323 e. The van der Waals surface area contributed by atoms with Crippen LogP contribution in [-0.4, -0.2) is 39.8 Å². The lowest BCUT2D eigenvalue weighted by atomic mass is 10.2. The van der Waals surface area contributed by atoms with Gasteiger partial charge in [-0.15, -0.1) is 0 Å². The van der Waals surface area contributed by atoms with Crippen LogP contribution in [0.15, 0.2) is 10.6 Å². The highest BCUT2D eigenvalue weighted by atomic mass is 16.5. The van der Waals surface area contributed by atoms with Gasteiger partial charge in [-0.25, -0.2) is 4.79 Å². The zero-order chi connectivity index (χ0) is 14.5. The minimum absolute atomic E-state index is 0.0187. The van der Waals surface area contributed by atoms with Crippen molar-refractivity contribution in [3.8, 4) is 0 Å². The number of hydrogen-bond acceptors (Lipinski definition) is 4. The summed E-state index contributed by atoms with van der Waals surface area (Å²) in [4.78, 5) is 24.4. The number of aromatic nitrogens is 1. The summed E-state index contributed by atoms with van der Waals surface area (Å²) in [5.74, 6) is -0.322. The Morgan fingerprint density at radius 1 is 1.50 bits per heavy atom. The molecule has 0 unspecified atom stereocenters. The first-order valence-corrected chi connectivity index (χ1v) is 6.74. The minimum atomic E-state index is -0.996. The molecule has 1 aliphatic carbocycles. The molecule has 2 N–H and O–H groups in total. The summed E-state index contributed by atoms with van der Waals surface area (Å²) in [6.45, 7) is 1.74. The number of carbonyl (C=O) groups is 2. The van der Waals surface area contributed by atoms with E-state index in [1.807, 2.05) is 0 Å². The van der Waals surface area contributed by atoms with Gasteiger partial charge in [0.15, 0.2) is 0 Å². The molecule has 1 heterocycles. The second-order valence-corrected chi connectivity index (χ2v) is 5.05. The summed E-state index contributed by atoms with van der Waals surface area (Å²) in [5.41, 5.74) is 0.623. The molecule has 0 aromatic carbocycles. The van der Waals surface area contributed by atoms with E-state index in [1.165, 1.54) is 4.90 Å². The molecule has 1 fully saturated rings. The number of nitrogens with zero attached hydrogens (tertiary/aromatic N) is 2. The monoisotopic (exact) mass is 281 g/mol. The maximum absolute atomic E-state index is 12.1. The third-order valence-electron chi connectivity index (χ3n) is 3.43. The third-order valence-corrected chi connectivity index (χ3v) is 3.43. The first-order chi connectivity index (χ1) is 9.56. The van der Waals surface area contributed by atoms with Crippen LogP contribution in [0.25, 0.3) is 0 Å². The van der Waals surface area contributed by atoms with Crippen molar-refractivity contribution in [1.82, 2.24) is 15.4 Å². The highest BCUT2D eigenvalue weighted by molar-refractivity contribution is 5.80. The average molecular weight is 281 g/mol. The molecule has 1 aromatic rings. The Bertz CT molecular complexity index is 480. The Kier molecular flexibility index (Phi) is 4.60. The molecule has 20 heavy (non-hydrogen) atoms. The van der Waals surface area contributed by atoms with Crippen molar-refractivity contribution in [1.29, 1.82) is 0 Å². The third kappa shape index (κ3) is 3.72. The lowest BCUT2D eigenvalue weighted by molar-refractivity contribution is -0.138. The molecule has 0 saturated heterocycles. The first kappa shape index (κ1) is 14.4. The van der Waals surface area contributed by atoms with Crippen LogP contribution < -0.4 is 5.32 Å². The Labute approximate surface area is 116 Å². The minimum Gasteiger partial charge on any atom is -0.480 e. The number of carboxylic acid groups (broad SMARTS) is 1.